The van der Waals surface area contributed by atoms with Crippen LogP contribution in [-0.2, 0) is 11.2 Å². The highest BCUT2D eigenvalue weighted by molar-refractivity contribution is 6.32. The van der Waals surface area contributed by atoms with Crippen molar-refractivity contribution in [3.63, 3.8) is 0 Å². The van der Waals surface area contributed by atoms with Crippen molar-refractivity contribution in [2.24, 2.45) is 0 Å². The molecule has 1 aromatic heterocycles. The molecule has 18 heavy (non-hydrogen) atoms. The van der Waals surface area contributed by atoms with E-state index in [1.807, 2.05) is 18.2 Å². The summed E-state index contributed by atoms with van der Waals surface area (Å²) in [6, 6.07) is 5.61. The minimum absolute atomic E-state index is 0.169. The zero-order valence-electron chi connectivity index (χ0n) is 9.58. The van der Waals surface area contributed by atoms with E-state index in [9.17, 15) is 4.79 Å². The molecule has 0 aliphatic carbocycles. The van der Waals surface area contributed by atoms with Gasteiger partial charge in [0.25, 0.3) is 0 Å². The van der Waals surface area contributed by atoms with Gasteiger partial charge >= 0.3 is 5.97 Å². The second-order valence-corrected chi connectivity index (χ2v) is 4.28. The molecule has 5 nitrogen and oxygen atoms in total. The highest BCUT2D eigenvalue weighted by Crippen LogP contribution is 2.21. The van der Waals surface area contributed by atoms with E-state index in [0.717, 1.165) is 11.3 Å². The lowest BCUT2D eigenvalue weighted by Gasteiger charge is -2.06. The predicted octanol–water partition coefficient (Wildman–Crippen LogP) is 2.33. The van der Waals surface area contributed by atoms with Gasteiger partial charge in [-0.15, -0.1) is 0 Å². The van der Waals surface area contributed by atoms with Crippen LogP contribution in [-0.4, -0.2) is 25.8 Å². The van der Waals surface area contributed by atoms with Crippen molar-refractivity contribution in [1.29, 1.82) is 0 Å². The van der Waals surface area contributed by atoms with Crippen LogP contribution in [0.5, 0.6) is 0 Å². The zero-order chi connectivity index (χ0) is 13.0. The number of aromatic nitrogens is 3. The van der Waals surface area contributed by atoms with Crippen molar-refractivity contribution in [2.75, 3.05) is 0 Å². The van der Waals surface area contributed by atoms with Crippen LogP contribution in [0.3, 0.4) is 0 Å². The summed E-state index contributed by atoms with van der Waals surface area (Å²) >= 11 is 6.16. The lowest BCUT2D eigenvalue weighted by molar-refractivity contribution is -0.137. The Morgan fingerprint density at radius 2 is 2.28 bits per heavy atom. The molecule has 1 N–H and O–H groups in total. The third-order valence-electron chi connectivity index (χ3n) is 2.53. The molecule has 1 aromatic carbocycles. The fraction of sp³-hybridized carbons (Fsp3) is 0.250. The van der Waals surface area contributed by atoms with Crippen LogP contribution in [0, 0.1) is 0 Å². The molecule has 0 saturated carbocycles. The Bertz CT molecular complexity index is 540. The van der Waals surface area contributed by atoms with Crippen molar-refractivity contribution in [2.45, 2.75) is 19.3 Å². The average molecular weight is 266 g/mol. The predicted molar refractivity (Wildman–Crippen MR) is 66.9 cm³/mol. The number of benzene rings is 1. The van der Waals surface area contributed by atoms with Gasteiger partial charge in [-0.1, -0.05) is 17.7 Å². The van der Waals surface area contributed by atoms with E-state index >= 15 is 0 Å². The number of rotatable bonds is 5. The number of aryl methyl sites for hydroxylation is 1. The molecule has 0 atom stereocenters. The summed E-state index contributed by atoms with van der Waals surface area (Å²) in [7, 11) is 0. The minimum Gasteiger partial charge on any atom is -0.481 e. The lowest BCUT2D eigenvalue weighted by atomic mass is 10.1. The summed E-state index contributed by atoms with van der Waals surface area (Å²) in [6.45, 7) is 0. The van der Waals surface area contributed by atoms with E-state index < -0.39 is 5.97 Å². The molecule has 2 aromatic rings. The number of carboxylic acid groups (broad SMARTS) is 1. The Kier molecular flexibility index (Phi) is 3.94. The number of halogens is 1. The van der Waals surface area contributed by atoms with Crippen LogP contribution >= 0.6 is 11.6 Å². The smallest absolute Gasteiger partial charge is 0.303 e. The van der Waals surface area contributed by atoms with Crippen molar-refractivity contribution in [3.05, 3.63) is 41.4 Å². The van der Waals surface area contributed by atoms with Gasteiger partial charge in [0.15, 0.2) is 0 Å². The van der Waals surface area contributed by atoms with Crippen LogP contribution < -0.4 is 0 Å². The molecule has 94 valence electrons. The van der Waals surface area contributed by atoms with Crippen LogP contribution in [0.1, 0.15) is 18.4 Å². The Morgan fingerprint density at radius 3 is 2.89 bits per heavy atom. The van der Waals surface area contributed by atoms with Gasteiger partial charge in [-0.25, -0.2) is 9.67 Å². The van der Waals surface area contributed by atoms with E-state index in [0.29, 0.717) is 17.9 Å². The van der Waals surface area contributed by atoms with Crippen LogP contribution in [0.15, 0.2) is 30.9 Å². The van der Waals surface area contributed by atoms with E-state index in [1.165, 1.54) is 6.33 Å². The van der Waals surface area contributed by atoms with Crippen molar-refractivity contribution in [3.8, 4) is 5.69 Å². The van der Waals surface area contributed by atoms with Crippen LogP contribution in [0.2, 0.25) is 5.02 Å². The topological polar surface area (TPSA) is 68.0 Å². The summed E-state index contributed by atoms with van der Waals surface area (Å²) in [5, 5.41) is 13.2. The van der Waals surface area contributed by atoms with Gasteiger partial charge < -0.3 is 5.11 Å². The third kappa shape index (κ3) is 3.07. The van der Waals surface area contributed by atoms with Gasteiger partial charge in [0, 0.05) is 6.42 Å². The molecule has 0 unspecified atom stereocenters. The maximum absolute atomic E-state index is 10.4. The monoisotopic (exact) mass is 265 g/mol. The van der Waals surface area contributed by atoms with Gasteiger partial charge in [0.2, 0.25) is 0 Å². The first-order valence-corrected chi connectivity index (χ1v) is 5.90. The Morgan fingerprint density at radius 1 is 1.44 bits per heavy atom. The van der Waals surface area contributed by atoms with Crippen LogP contribution in [0.4, 0.5) is 0 Å². The largest absolute Gasteiger partial charge is 0.481 e. The molecule has 0 radical (unpaired) electrons. The summed E-state index contributed by atoms with van der Waals surface area (Å²) < 4.78 is 1.59. The molecule has 0 saturated heterocycles. The zero-order valence-corrected chi connectivity index (χ0v) is 10.3. The van der Waals surface area contributed by atoms with E-state index in [1.54, 1.807) is 11.0 Å². The van der Waals surface area contributed by atoms with Gasteiger partial charge in [0.05, 0.1) is 10.7 Å². The molecule has 0 fully saturated rings. The standard InChI is InChI=1S/C12H12ClN3O2/c13-10-6-9(2-1-3-12(17)18)4-5-11(10)16-8-14-7-15-16/h4-8H,1-3H2,(H,17,18). The fourth-order valence-corrected chi connectivity index (χ4v) is 1.96. The number of carboxylic acids is 1. The molecule has 0 aliphatic heterocycles. The summed E-state index contributed by atoms with van der Waals surface area (Å²) in [4.78, 5) is 14.3. The van der Waals surface area contributed by atoms with Crippen molar-refractivity contribution >= 4 is 17.6 Å². The lowest BCUT2D eigenvalue weighted by Crippen LogP contribution is -1.98. The number of carbonyl (C=O) groups is 1. The van der Waals surface area contributed by atoms with Crippen molar-refractivity contribution < 1.29 is 9.90 Å². The highest BCUT2D eigenvalue weighted by atomic mass is 35.5. The molecule has 0 bridgehead atoms. The Hall–Kier alpha value is -1.88. The summed E-state index contributed by atoms with van der Waals surface area (Å²) in [5.41, 5.74) is 1.78. The summed E-state index contributed by atoms with van der Waals surface area (Å²) in [6.07, 6.45) is 4.49. The second-order valence-electron chi connectivity index (χ2n) is 3.87. The normalized spacial score (nSPS) is 10.5. The molecule has 0 spiro atoms. The molecular weight excluding hydrogens is 254 g/mol. The molecule has 2 rings (SSSR count). The SMILES string of the molecule is O=C(O)CCCc1ccc(-n2cncn2)c(Cl)c1. The maximum atomic E-state index is 10.4. The van der Waals surface area contributed by atoms with Gasteiger partial charge in [0.1, 0.15) is 12.7 Å². The molecule has 0 aliphatic rings. The van der Waals surface area contributed by atoms with E-state index in [-0.39, 0.29) is 6.42 Å². The first-order valence-electron chi connectivity index (χ1n) is 5.52. The fourth-order valence-electron chi connectivity index (χ4n) is 1.67. The third-order valence-corrected chi connectivity index (χ3v) is 2.84. The first kappa shape index (κ1) is 12.6. The maximum Gasteiger partial charge on any atom is 0.303 e. The molecule has 1 heterocycles. The second kappa shape index (κ2) is 5.64. The minimum atomic E-state index is -0.777. The molecule has 0 amide bonds. The average Bonchev–Trinajstić information content (AvgIpc) is 2.82. The Labute approximate surface area is 109 Å². The highest BCUT2D eigenvalue weighted by Gasteiger charge is 2.05. The van der Waals surface area contributed by atoms with Crippen LogP contribution in [0.25, 0.3) is 5.69 Å². The molecule has 6 heteroatoms. The number of nitrogens with zero attached hydrogens (tertiary/aromatic N) is 3. The van der Waals surface area contributed by atoms with Gasteiger partial charge in [-0.3, -0.25) is 4.79 Å². The number of aliphatic carboxylic acids is 1. The first-order chi connectivity index (χ1) is 8.66. The van der Waals surface area contributed by atoms with E-state index in [2.05, 4.69) is 10.1 Å². The van der Waals surface area contributed by atoms with Crippen molar-refractivity contribution in [1.82, 2.24) is 14.8 Å². The number of hydrogen-bond donors (Lipinski definition) is 1. The van der Waals surface area contributed by atoms with E-state index in [4.69, 9.17) is 16.7 Å². The number of hydrogen-bond acceptors (Lipinski definition) is 3. The summed E-state index contributed by atoms with van der Waals surface area (Å²) in [5.74, 6) is -0.777. The van der Waals surface area contributed by atoms with Gasteiger partial charge in [-0.2, -0.15) is 5.10 Å². The Balaban J connectivity index is 2.08. The molecular formula is C12H12ClN3O2. The quantitative estimate of drug-likeness (QED) is 0.901. The van der Waals surface area contributed by atoms with Gasteiger partial charge in [-0.05, 0) is 30.5 Å².